The second kappa shape index (κ2) is 8.51. The maximum Gasteiger partial charge on any atom is 0.516 e. The van der Waals surface area contributed by atoms with E-state index in [2.05, 4.69) is 19.9 Å². The number of halogens is 3. The molecule has 7 heteroatoms. The Morgan fingerprint density at radius 3 is 2.41 bits per heavy atom. The van der Waals surface area contributed by atoms with Gasteiger partial charge in [-0.15, -0.1) is 0 Å². The zero-order chi connectivity index (χ0) is 20.6. The number of rotatable bonds is 3. The van der Waals surface area contributed by atoms with Crippen molar-refractivity contribution < 1.29 is 19.1 Å². The van der Waals surface area contributed by atoms with E-state index in [1.54, 1.807) is 0 Å². The summed E-state index contributed by atoms with van der Waals surface area (Å²) >= 11 is 17.4. The number of esters is 1. The molecule has 1 fully saturated rings. The van der Waals surface area contributed by atoms with E-state index in [0.29, 0.717) is 17.8 Å². The van der Waals surface area contributed by atoms with Crippen LogP contribution in [-0.4, -0.2) is 21.5 Å². The summed E-state index contributed by atoms with van der Waals surface area (Å²) < 4.78 is 8.16. The lowest BCUT2D eigenvalue weighted by Crippen LogP contribution is -2.43. The summed E-state index contributed by atoms with van der Waals surface area (Å²) in [5, 5.41) is 0. The van der Waals surface area contributed by atoms with Gasteiger partial charge < -0.3 is 9.47 Å². The molecule has 0 spiro atoms. The lowest BCUT2D eigenvalue weighted by atomic mass is 9.60. The number of alkyl halides is 3. The molecule has 0 amide bonds. The summed E-state index contributed by atoms with van der Waals surface area (Å²) in [5.74, 6) is 0.735. The van der Waals surface area contributed by atoms with Crippen molar-refractivity contribution in [3.63, 3.8) is 0 Å². The lowest BCUT2D eigenvalue weighted by molar-refractivity contribution is -0.149. The van der Waals surface area contributed by atoms with Crippen LogP contribution in [0.25, 0.3) is 0 Å². The minimum Gasteiger partial charge on any atom is -0.423 e. The number of carbonyl (C=O) groups is 2. The number of hydrogen-bond acceptors (Lipinski definition) is 4. The molecule has 0 aromatic carbocycles. The third kappa shape index (κ3) is 5.33. The fraction of sp³-hybridized carbons (Fsp3) is 0.800. The van der Waals surface area contributed by atoms with E-state index in [4.69, 9.17) is 44.3 Å². The molecular weight excluding hydrogens is 411 g/mol. The molecule has 0 N–H and O–H groups in total. The molecule has 5 atom stereocenters. The first-order chi connectivity index (χ1) is 12.3. The standard InChI is InChI=1S/C20H29Cl3O4/c1-11-6-8-14-12(2)7-9-15(16(14)10-11)13(3)17(24)26-18(25)27-19(4,5)20(21,22)23/h10,12-16H,6-9H2,1-5H3/t12-,13?,14+,15+,16+/m1/s1. The van der Waals surface area contributed by atoms with Gasteiger partial charge in [0, 0.05) is 0 Å². The lowest BCUT2D eigenvalue weighted by Gasteiger charge is -2.45. The average molecular weight is 440 g/mol. The third-order valence-corrected chi connectivity index (χ3v) is 7.61. The van der Waals surface area contributed by atoms with Gasteiger partial charge in [-0.05, 0) is 63.7 Å². The molecular formula is C20H29Cl3O4. The molecule has 0 radical (unpaired) electrons. The Labute approximate surface area is 176 Å². The van der Waals surface area contributed by atoms with Gasteiger partial charge in [-0.25, -0.2) is 4.79 Å². The second-order valence-electron chi connectivity index (χ2n) is 8.58. The van der Waals surface area contributed by atoms with Gasteiger partial charge in [-0.3, -0.25) is 4.79 Å². The third-order valence-electron chi connectivity index (χ3n) is 6.24. The van der Waals surface area contributed by atoms with Gasteiger partial charge >= 0.3 is 12.1 Å². The van der Waals surface area contributed by atoms with Crippen LogP contribution < -0.4 is 0 Å². The molecule has 0 saturated heterocycles. The van der Waals surface area contributed by atoms with Crippen LogP contribution in [0.15, 0.2) is 11.6 Å². The van der Waals surface area contributed by atoms with E-state index in [1.807, 2.05) is 6.92 Å². The van der Waals surface area contributed by atoms with Gasteiger partial charge in [0.25, 0.3) is 0 Å². The number of carbonyl (C=O) groups excluding carboxylic acids is 2. The van der Waals surface area contributed by atoms with Crippen molar-refractivity contribution in [2.75, 3.05) is 0 Å². The summed E-state index contributed by atoms with van der Waals surface area (Å²) in [5.41, 5.74) is -0.0490. The smallest absolute Gasteiger partial charge is 0.423 e. The maximum atomic E-state index is 12.6. The molecule has 2 aliphatic carbocycles. The van der Waals surface area contributed by atoms with Crippen LogP contribution in [0, 0.1) is 29.6 Å². The minimum atomic E-state index is -1.84. The predicted octanol–water partition coefficient (Wildman–Crippen LogP) is 6.47. The first kappa shape index (κ1) is 22.8. The molecule has 0 aliphatic heterocycles. The molecule has 154 valence electrons. The Morgan fingerprint density at radius 1 is 1.19 bits per heavy atom. The van der Waals surface area contributed by atoms with Crippen molar-refractivity contribution in [1.29, 1.82) is 0 Å². The van der Waals surface area contributed by atoms with Gasteiger partial charge in [-0.2, -0.15) is 0 Å². The van der Waals surface area contributed by atoms with Crippen LogP contribution >= 0.6 is 34.8 Å². The molecule has 0 aromatic rings. The second-order valence-corrected chi connectivity index (χ2v) is 10.9. The van der Waals surface area contributed by atoms with Crippen LogP contribution in [0.5, 0.6) is 0 Å². The van der Waals surface area contributed by atoms with E-state index in [9.17, 15) is 9.59 Å². The van der Waals surface area contributed by atoms with Crippen LogP contribution in [0.2, 0.25) is 0 Å². The summed E-state index contributed by atoms with van der Waals surface area (Å²) in [6, 6.07) is 0. The normalized spacial score (nSPS) is 30.0. The van der Waals surface area contributed by atoms with Crippen molar-refractivity contribution in [2.24, 2.45) is 29.6 Å². The molecule has 1 unspecified atom stereocenters. The molecule has 0 heterocycles. The topological polar surface area (TPSA) is 52.6 Å². The van der Waals surface area contributed by atoms with Crippen molar-refractivity contribution >= 4 is 46.9 Å². The fourth-order valence-corrected chi connectivity index (χ4v) is 4.43. The highest BCUT2D eigenvalue weighted by Gasteiger charge is 2.46. The van der Waals surface area contributed by atoms with Crippen molar-refractivity contribution in [2.45, 2.75) is 69.7 Å². The van der Waals surface area contributed by atoms with E-state index in [0.717, 1.165) is 25.7 Å². The Bertz CT molecular complexity index is 609. The highest BCUT2D eigenvalue weighted by atomic mass is 35.6. The van der Waals surface area contributed by atoms with Crippen LogP contribution in [-0.2, 0) is 14.3 Å². The summed E-state index contributed by atoms with van der Waals surface area (Å²) in [6.45, 7) is 9.15. The number of fused-ring (bicyclic) bond motifs is 1. The summed E-state index contributed by atoms with van der Waals surface area (Å²) in [7, 11) is 0. The van der Waals surface area contributed by atoms with Gasteiger partial charge in [0.15, 0.2) is 5.60 Å². The van der Waals surface area contributed by atoms with Crippen LogP contribution in [0.1, 0.15) is 60.3 Å². The van der Waals surface area contributed by atoms with E-state index in [-0.39, 0.29) is 5.92 Å². The molecule has 0 aromatic heterocycles. The first-order valence-corrected chi connectivity index (χ1v) is 10.7. The molecule has 0 bridgehead atoms. The Hall–Kier alpha value is -0.450. The SMILES string of the molecule is CC1=C[C@H]2[C@@H](CC1)[C@H](C)CC[C@H]2C(C)C(=O)OC(=O)OC(C)(C)C(Cl)(Cl)Cl. The van der Waals surface area contributed by atoms with E-state index >= 15 is 0 Å². The maximum absolute atomic E-state index is 12.6. The monoisotopic (exact) mass is 438 g/mol. The number of allylic oxidation sites excluding steroid dienone is 2. The Kier molecular flexibility index (Phi) is 7.19. The molecule has 4 nitrogen and oxygen atoms in total. The van der Waals surface area contributed by atoms with Gasteiger partial charge in [-0.1, -0.05) is 66.7 Å². The molecule has 1 saturated carbocycles. The Morgan fingerprint density at radius 2 is 1.81 bits per heavy atom. The summed E-state index contributed by atoms with van der Waals surface area (Å²) in [4.78, 5) is 24.6. The average Bonchev–Trinajstić information content (AvgIpc) is 2.52. The zero-order valence-electron chi connectivity index (χ0n) is 16.6. The van der Waals surface area contributed by atoms with Crippen molar-refractivity contribution in [3.05, 3.63) is 11.6 Å². The Balaban J connectivity index is 2.04. The minimum absolute atomic E-state index is 0.155. The van der Waals surface area contributed by atoms with Gasteiger partial charge in [0.1, 0.15) is 0 Å². The van der Waals surface area contributed by atoms with Crippen molar-refractivity contribution in [1.82, 2.24) is 0 Å². The largest absolute Gasteiger partial charge is 0.516 e. The highest BCUT2D eigenvalue weighted by molar-refractivity contribution is 6.68. The number of hydrogen-bond donors (Lipinski definition) is 0. The summed E-state index contributed by atoms with van der Waals surface area (Å²) in [6.07, 6.45) is 5.49. The van der Waals surface area contributed by atoms with Crippen LogP contribution in [0.4, 0.5) is 4.79 Å². The highest BCUT2D eigenvalue weighted by Crippen LogP contribution is 2.48. The molecule has 2 aliphatic rings. The quantitative estimate of drug-likeness (QED) is 0.219. The molecule has 27 heavy (non-hydrogen) atoms. The number of ether oxygens (including phenoxy) is 2. The predicted molar refractivity (Wildman–Crippen MR) is 108 cm³/mol. The molecule has 2 rings (SSSR count). The van der Waals surface area contributed by atoms with Gasteiger partial charge in [0.05, 0.1) is 5.92 Å². The fourth-order valence-electron chi connectivity index (χ4n) is 4.31. The van der Waals surface area contributed by atoms with E-state index < -0.39 is 27.4 Å². The van der Waals surface area contributed by atoms with Crippen molar-refractivity contribution in [3.8, 4) is 0 Å². The van der Waals surface area contributed by atoms with E-state index in [1.165, 1.54) is 19.4 Å². The van der Waals surface area contributed by atoms with Gasteiger partial charge in [0.2, 0.25) is 3.79 Å². The van der Waals surface area contributed by atoms with Crippen LogP contribution in [0.3, 0.4) is 0 Å². The zero-order valence-corrected chi connectivity index (χ0v) is 18.8. The first-order valence-electron chi connectivity index (χ1n) is 9.52.